The second-order valence-corrected chi connectivity index (χ2v) is 13.6. The van der Waals surface area contributed by atoms with E-state index in [4.69, 9.17) is 4.52 Å². The van der Waals surface area contributed by atoms with Crippen molar-refractivity contribution in [2.45, 2.75) is 38.5 Å². The average molecular weight is 626 g/mol. The van der Waals surface area contributed by atoms with E-state index in [1.165, 1.54) is 17.7 Å². The molecule has 5 rings (SSSR count). The van der Waals surface area contributed by atoms with Gasteiger partial charge in [-0.15, -0.1) is 0 Å². The summed E-state index contributed by atoms with van der Waals surface area (Å²) >= 11 is 0. The van der Waals surface area contributed by atoms with E-state index in [1.54, 1.807) is 24.3 Å². The lowest BCUT2D eigenvalue weighted by molar-refractivity contribution is 0.0956. The zero-order valence-electron chi connectivity index (χ0n) is 25.3. The first-order chi connectivity index (χ1) is 21.4. The van der Waals surface area contributed by atoms with E-state index < -0.39 is 21.8 Å². The molecule has 1 N–H and O–H groups in total. The number of benzene rings is 4. The Morgan fingerprint density at radius 2 is 1.56 bits per heavy atom. The van der Waals surface area contributed by atoms with Crippen LogP contribution in [0.3, 0.4) is 0 Å². The molecule has 0 fully saturated rings. The quantitative estimate of drug-likeness (QED) is 0.166. The van der Waals surface area contributed by atoms with Crippen molar-refractivity contribution in [3.63, 3.8) is 0 Å². The van der Waals surface area contributed by atoms with Gasteiger partial charge >= 0.3 is 0 Å². The van der Waals surface area contributed by atoms with Gasteiger partial charge in [-0.1, -0.05) is 92.7 Å². The summed E-state index contributed by atoms with van der Waals surface area (Å²) in [4.78, 5) is 12.4. The summed E-state index contributed by atoms with van der Waals surface area (Å²) in [5.41, 5.74) is 7.00. The molecule has 4 aromatic carbocycles. The Morgan fingerprint density at radius 1 is 0.889 bits per heavy atom. The van der Waals surface area contributed by atoms with Crippen LogP contribution < -0.4 is 5.32 Å². The standard InChI is InChI=1S/C36H35FN2O5S/c1-36(2,3)30-15-11-26(12-16-30)32(21-24-7-9-27(10-8-24)35(40)38-19-20-45(41,42)43)33-23-34(44-39-33)29-6-4-5-28(22-29)25-13-17-31(37)18-14-25/h4-18,22-23,32H,19-21H2,1-3H3,(H,38,40)(H,41,42,43)/p-1. The molecule has 1 aromatic heterocycles. The smallest absolute Gasteiger partial charge is 0.251 e. The van der Waals surface area contributed by atoms with E-state index in [0.29, 0.717) is 17.7 Å². The molecule has 232 valence electrons. The number of halogens is 1. The molecule has 0 spiro atoms. The summed E-state index contributed by atoms with van der Waals surface area (Å²) in [7, 11) is -4.41. The zero-order chi connectivity index (χ0) is 32.2. The number of carbonyl (C=O) groups excluding carboxylic acids is 1. The van der Waals surface area contributed by atoms with E-state index in [0.717, 1.165) is 33.5 Å². The van der Waals surface area contributed by atoms with Gasteiger partial charge in [0.15, 0.2) is 5.76 Å². The van der Waals surface area contributed by atoms with Gasteiger partial charge in [0.05, 0.1) is 21.6 Å². The Kier molecular flexibility index (Phi) is 9.32. The van der Waals surface area contributed by atoms with E-state index >= 15 is 0 Å². The van der Waals surface area contributed by atoms with Crippen LogP contribution in [0.25, 0.3) is 22.5 Å². The minimum atomic E-state index is -4.41. The van der Waals surface area contributed by atoms with Crippen LogP contribution in [-0.2, 0) is 22.0 Å². The maximum absolute atomic E-state index is 13.5. The first kappa shape index (κ1) is 31.8. The van der Waals surface area contributed by atoms with Crippen LogP contribution in [-0.4, -0.2) is 36.3 Å². The minimum absolute atomic E-state index is 0.00109. The van der Waals surface area contributed by atoms with Gasteiger partial charge in [0.2, 0.25) is 0 Å². The summed E-state index contributed by atoms with van der Waals surface area (Å²) in [6.07, 6.45) is 0.576. The molecule has 1 atom stereocenters. The highest BCUT2D eigenvalue weighted by Gasteiger charge is 2.22. The van der Waals surface area contributed by atoms with Crippen LogP contribution in [0, 0.1) is 5.82 Å². The first-order valence-corrected chi connectivity index (χ1v) is 16.2. The van der Waals surface area contributed by atoms with E-state index in [1.807, 2.05) is 42.5 Å². The molecule has 7 nitrogen and oxygen atoms in total. The van der Waals surface area contributed by atoms with Gasteiger partial charge in [-0.25, -0.2) is 12.8 Å². The number of aromatic nitrogens is 1. The predicted octanol–water partition coefficient (Wildman–Crippen LogP) is 7.09. The third-order valence-electron chi connectivity index (χ3n) is 7.68. The molecular weight excluding hydrogens is 591 g/mol. The molecule has 0 radical (unpaired) electrons. The molecule has 0 bridgehead atoms. The number of nitrogens with zero attached hydrogens (tertiary/aromatic N) is 1. The molecule has 0 aliphatic rings. The Balaban J connectivity index is 1.41. The molecule has 45 heavy (non-hydrogen) atoms. The maximum atomic E-state index is 13.5. The van der Waals surface area contributed by atoms with Crippen LogP contribution in [0.1, 0.15) is 59.4 Å². The molecule has 9 heteroatoms. The fourth-order valence-corrected chi connectivity index (χ4v) is 5.46. The highest BCUT2D eigenvalue weighted by Crippen LogP contribution is 2.34. The van der Waals surface area contributed by atoms with Gasteiger partial charge in [0.25, 0.3) is 5.91 Å². The Labute approximate surface area is 262 Å². The molecule has 0 saturated carbocycles. The normalized spacial score (nSPS) is 12.6. The summed E-state index contributed by atoms with van der Waals surface area (Å²) in [5, 5.41) is 6.95. The SMILES string of the molecule is CC(C)(C)c1ccc(C(Cc2ccc(C(=O)NCCS(=O)(=O)[O-])cc2)c2cc(-c3cccc(-c4ccc(F)cc4)c3)on2)cc1. The third-order valence-corrected chi connectivity index (χ3v) is 8.39. The van der Waals surface area contributed by atoms with E-state index in [9.17, 15) is 22.2 Å². The van der Waals surface area contributed by atoms with Gasteiger partial charge < -0.3 is 14.4 Å². The molecular formula is C36H34FN2O5S-. The Hall–Kier alpha value is -4.60. The first-order valence-electron chi connectivity index (χ1n) is 14.6. The summed E-state index contributed by atoms with van der Waals surface area (Å²) in [6.45, 7) is 6.25. The lowest BCUT2D eigenvalue weighted by Gasteiger charge is -2.21. The van der Waals surface area contributed by atoms with Crippen LogP contribution in [0.4, 0.5) is 4.39 Å². The summed E-state index contributed by atoms with van der Waals surface area (Å²) in [6, 6.07) is 31.6. The van der Waals surface area contributed by atoms with E-state index in [2.05, 4.69) is 55.5 Å². The lowest BCUT2D eigenvalue weighted by Crippen LogP contribution is -2.28. The van der Waals surface area contributed by atoms with Crippen molar-refractivity contribution in [2.75, 3.05) is 12.3 Å². The van der Waals surface area contributed by atoms with Crippen LogP contribution in [0.5, 0.6) is 0 Å². The Morgan fingerprint density at radius 3 is 2.20 bits per heavy atom. The number of nitrogens with one attached hydrogen (secondary N) is 1. The van der Waals surface area contributed by atoms with Crippen molar-refractivity contribution in [1.29, 1.82) is 0 Å². The predicted molar refractivity (Wildman–Crippen MR) is 171 cm³/mol. The largest absolute Gasteiger partial charge is 0.748 e. The highest BCUT2D eigenvalue weighted by atomic mass is 32.2. The third kappa shape index (κ3) is 8.32. The van der Waals surface area contributed by atoms with Crippen molar-refractivity contribution in [2.24, 2.45) is 0 Å². The summed E-state index contributed by atoms with van der Waals surface area (Å²) < 4.78 is 51.8. The zero-order valence-corrected chi connectivity index (χ0v) is 26.1. The van der Waals surface area contributed by atoms with Crippen molar-refractivity contribution in [1.82, 2.24) is 10.5 Å². The van der Waals surface area contributed by atoms with Crippen molar-refractivity contribution < 1.29 is 26.7 Å². The Bertz CT molecular complexity index is 1880. The van der Waals surface area contributed by atoms with Crippen LogP contribution >= 0.6 is 0 Å². The summed E-state index contributed by atoms with van der Waals surface area (Å²) in [5.74, 6) is -0.953. The molecule has 1 amide bonds. The van der Waals surface area contributed by atoms with Gasteiger partial charge in [0.1, 0.15) is 5.82 Å². The maximum Gasteiger partial charge on any atom is 0.251 e. The van der Waals surface area contributed by atoms with Crippen molar-refractivity contribution in [3.05, 3.63) is 137 Å². The van der Waals surface area contributed by atoms with E-state index in [-0.39, 0.29) is 23.7 Å². The van der Waals surface area contributed by atoms with Crippen molar-refractivity contribution in [3.8, 4) is 22.5 Å². The molecule has 1 heterocycles. The van der Waals surface area contributed by atoms with Gasteiger partial charge in [-0.2, -0.15) is 0 Å². The van der Waals surface area contributed by atoms with Gasteiger partial charge in [-0.05, 0) is 70.0 Å². The van der Waals surface area contributed by atoms with Gasteiger partial charge in [-0.3, -0.25) is 4.79 Å². The van der Waals surface area contributed by atoms with Gasteiger partial charge in [0, 0.05) is 29.7 Å². The monoisotopic (exact) mass is 625 g/mol. The second kappa shape index (κ2) is 13.2. The second-order valence-electron chi connectivity index (χ2n) is 12.0. The van der Waals surface area contributed by atoms with Crippen LogP contribution in [0.2, 0.25) is 0 Å². The molecule has 0 aliphatic heterocycles. The molecule has 1 unspecified atom stereocenters. The topological polar surface area (TPSA) is 112 Å². The number of amides is 1. The number of rotatable bonds is 10. The molecule has 0 saturated heterocycles. The van der Waals surface area contributed by atoms with Crippen molar-refractivity contribution >= 4 is 16.0 Å². The highest BCUT2D eigenvalue weighted by molar-refractivity contribution is 7.85. The fourth-order valence-electron chi connectivity index (χ4n) is 5.11. The number of carbonyl (C=O) groups is 1. The lowest BCUT2D eigenvalue weighted by atomic mass is 9.83. The fraction of sp³-hybridized carbons (Fsp3) is 0.222. The molecule has 5 aromatic rings. The number of hydrogen-bond donors (Lipinski definition) is 1. The average Bonchev–Trinajstić information content (AvgIpc) is 3.50. The van der Waals surface area contributed by atoms with Crippen LogP contribution in [0.15, 0.2) is 108 Å². The number of hydrogen-bond acceptors (Lipinski definition) is 6. The molecule has 0 aliphatic carbocycles. The minimum Gasteiger partial charge on any atom is -0.748 e.